The summed E-state index contributed by atoms with van der Waals surface area (Å²) < 4.78 is 38.1. The minimum absolute atomic E-state index is 0.0253. The van der Waals surface area contributed by atoms with Crippen molar-refractivity contribution in [3.63, 3.8) is 0 Å². The average molecular weight is 432 g/mol. The normalized spacial score (nSPS) is 19.7. The second-order valence-corrected chi connectivity index (χ2v) is 9.08. The van der Waals surface area contributed by atoms with Crippen molar-refractivity contribution in [3.8, 4) is 5.75 Å². The quantitative estimate of drug-likeness (QED) is 0.494. The third-order valence-corrected chi connectivity index (χ3v) is 7.09. The SMILES string of the molecule is CC[C@H]1C(=O)N(S(=O)(=O)c2ccc(C)cc2)[C@H]1C(OC(C)=O)c1ccc(OC)cc1. The van der Waals surface area contributed by atoms with E-state index < -0.39 is 40.0 Å². The molecule has 1 aliphatic heterocycles. The Morgan fingerprint density at radius 1 is 1.10 bits per heavy atom. The molecular weight excluding hydrogens is 406 g/mol. The highest BCUT2D eigenvalue weighted by Crippen LogP contribution is 2.43. The summed E-state index contributed by atoms with van der Waals surface area (Å²) in [5.41, 5.74) is 1.49. The standard InChI is InChI=1S/C22H25NO6S/c1-5-19-20(21(29-15(3)24)16-8-10-17(28-4)11-9-16)23(22(19)25)30(26,27)18-12-6-14(2)7-13-18/h6-13,19-21H,5H2,1-4H3/t19-,20-,21?/m1/s1. The molecule has 0 aromatic heterocycles. The molecule has 0 spiro atoms. The second kappa shape index (κ2) is 8.47. The number of aryl methyl sites for hydroxylation is 1. The van der Waals surface area contributed by atoms with E-state index >= 15 is 0 Å². The fourth-order valence-electron chi connectivity index (χ4n) is 3.70. The molecule has 160 valence electrons. The Morgan fingerprint density at radius 3 is 2.20 bits per heavy atom. The molecule has 2 aromatic rings. The van der Waals surface area contributed by atoms with E-state index in [1.54, 1.807) is 36.4 Å². The fourth-order valence-corrected chi connectivity index (χ4v) is 5.36. The Hall–Kier alpha value is -2.87. The highest BCUT2D eigenvalue weighted by Gasteiger charge is 2.57. The van der Waals surface area contributed by atoms with Gasteiger partial charge in [-0.1, -0.05) is 36.8 Å². The van der Waals surface area contributed by atoms with Gasteiger partial charge in [0.15, 0.2) is 0 Å². The molecule has 8 heteroatoms. The number of carbonyl (C=O) groups is 2. The molecule has 1 unspecified atom stereocenters. The molecule has 1 heterocycles. The van der Waals surface area contributed by atoms with Crippen molar-refractivity contribution in [1.82, 2.24) is 4.31 Å². The van der Waals surface area contributed by atoms with Gasteiger partial charge in [-0.15, -0.1) is 0 Å². The Kier molecular flexibility index (Phi) is 6.17. The zero-order valence-corrected chi connectivity index (χ0v) is 18.2. The van der Waals surface area contributed by atoms with Crippen molar-refractivity contribution in [2.75, 3.05) is 7.11 Å². The van der Waals surface area contributed by atoms with Crippen molar-refractivity contribution in [2.45, 2.75) is 44.2 Å². The number of hydrogen-bond donors (Lipinski definition) is 0. The van der Waals surface area contributed by atoms with E-state index in [9.17, 15) is 18.0 Å². The predicted octanol–water partition coefficient (Wildman–Crippen LogP) is 3.23. The Balaban J connectivity index is 2.05. The lowest BCUT2D eigenvalue weighted by Gasteiger charge is -2.48. The first-order valence-corrected chi connectivity index (χ1v) is 11.1. The van der Waals surface area contributed by atoms with Gasteiger partial charge in [0.2, 0.25) is 5.91 Å². The Bertz CT molecular complexity index is 1030. The molecule has 30 heavy (non-hydrogen) atoms. The lowest BCUT2D eigenvalue weighted by atomic mass is 9.82. The summed E-state index contributed by atoms with van der Waals surface area (Å²) in [6, 6.07) is 12.3. The van der Waals surface area contributed by atoms with Crippen LogP contribution in [0.4, 0.5) is 0 Å². The Morgan fingerprint density at radius 2 is 1.70 bits per heavy atom. The van der Waals surface area contributed by atoms with Gasteiger partial charge in [0.1, 0.15) is 17.9 Å². The second-order valence-electron chi connectivity index (χ2n) is 7.26. The maximum absolute atomic E-state index is 13.3. The lowest BCUT2D eigenvalue weighted by Crippen LogP contribution is -2.65. The minimum atomic E-state index is -4.09. The van der Waals surface area contributed by atoms with Crippen molar-refractivity contribution >= 4 is 21.9 Å². The van der Waals surface area contributed by atoms with Crippen molar-refractivity contribution in [1.29, 1.82) is 0 Å². The summed E-state index contributed by atoms with van der Waals surface area (Å²) in [6.45, 7) is 4.92. The first-order chi connectivity index (χ1) is 14.2. The minimum Gasteiger partial charge on any atom is -0.497 e. The first-order valence-electron chi connectivity index (χ1n) is 9.66. The number of esters is 1. The van der Waals surface area contributed by atoms with Crippen LogP contribution in [-0.2, 0) is 24.3 Å². The van der Waals surface area contributed by atoms with Crippen molar-refractivity contribution < 1.29 is 27.5 Å². The Labute approximate surface area is 176 Å². The third kappa shape index (κ3) is 3.92. The third-order valence-electron chi connectivity index (χ3n) is 5.28. The summed E-state index contributed by atoms with van der Waals surface area (Å²) in [5.74, 6) is -1.01. The molecule has 1 amide bonds. The highest BCUT2D eigenvalue weighted by molar-refractivity contribution is 7.89. The molecule has 3 atom stereocenters. The van der Waals surface area contributed by atoms with Gasteiger partial charge in [0.25, 0.3) is 10.0 Å². The maximum Gasteiger partial charge on any atom is 0.303 e. The van der Waals surface area contributed by atoms with Gasteiger partial charge in [-0.25, -0.2) is 12.7 Å². The van der Waals surface area contributed by atoms with Crippen LogP contribution in [-0.4, -0.2) is 37.8 Å². The van der Waals surface area contributed by atoms with Crippen LogP contribution in [0.25, 0.3) is 0 Å². The van der Waals surface area contributed by atoms with Crippen LogP contribution in [0.3, 0.4) is 0 Å². The summed E-state index contributed by atoms with van der Waals surface area (Å²) in [7, 11) is -2.56. The molecule has 1 saturated heterocycles. The average Bonchev–Trinajstić information content (AvgIpc) is 2.71. The molecule has 0 aliphatic carbocycles. The fraction of sp³-hybridized carbons (Fsp3) is 0.364. The van der Waals surface area contributed by atoms with E-state index in [1.807, 2.05) is 13.8 Å². The maximum atomic E-state index is 13.3. The molecule has 1 aliphatic rings. The van der Waals surface area contributed by atoms with Crippen molar-refractivity contribution in [2.24, 2.45) is 5.92 Å². The summed E-state index contributed by atoms with van der Waals surface area (Å²) in [5, 5.41) is 0. The number of carbonyl (C=O) groups excluding carboxylic acids is 2. The van der Waals surface area contributed by atoms with Gasteiger partial charge < -0.3 is 9.47 Å². The van der Waals surface area contributed by atoms with Crippen LogP contribution in [0, 0.1) is 12.8 Å². The highest BCUT2D eigenvalue weighted by atomic mass is 32.2. The molecular formula is C22H25NO6S. The monoisotopic (exact) mass is 431 g/mol. The van der Waals surface area contributed by atoms with E-state index in [0.29, 0.717) is 17.7 Å². The molecule has 0 saturated carbocycles. The predicted molar refractivity (Wildman–Crippen MR) is 110 cm³/mol. The van der Waals surface area contributed by atoms with Crippen molar-refractivity contribution in [3.05, 3.63) is 59.7 Å². The smallest absolute Gasteiger partial charge is 0.303 e. The van der Waals surface area contributed by atoms with E-state index in [-0.39, 0.29) is 4.90 Å². The molecule has 3 rings (SSSR count). The number of benzene rings is 2. The number of ether oxygens (including phenoxy) is 2. The van der Waals surface area contributed by atoms with Crippen LogP contribution in [0.15, 0.2) is 53.4 Å². The lowest BCUT2D eigenvalue weighted by molar-refractivity contribution is -0.166. The number of sulfonamides is 1. The van der Waals surface area contributed by atoms with Crippen LogP contribution < -0.4 is 4.74 Å². The number of rotatable bonds is 7. The zero-order valence-electron chi connectivity index (χ0n) is 17.4. The number of nitrogens with zero attached hydrogens (tertiary/aromatic N) is 1. The van der Waals surface area contributed by atoms with E-state index in [1.165, 1.54) is 26.2 Å². The molecule has 0 radical (unpaired) electrons. The number of methoxy groups -OCH3 is 1. The van der Waals surface area contributed by atoms with Crippen LogP contribution >= 0.6 is 0 Å². The number of β-lactam (4-membered cyclic amide) rings is 1. The van der Waals surface area contributed by atoms with Gasteiger partial charge in [-0.2, -0.15) is 0 Å². The van der Waals surface area contributed by atoms with Crippen LogP contribution in [0.2, 0.25) is 0 Å². The van der Waals surface area contributed by atoms with Crippen LogP contribution in [0.5, 0.6) is 5.75 Å². The number of hydrogen-bond acceptors (Lipinski definition) is 6. The molecule has 1 fully saturated rings. The summed E-state index contributed by atoms with van der Waals surface area (Å²) in [6.07, 6.45) is -0.492. The van der Waals surface area contributed by atoms with Gasteiger partial charge >= 0.3 is 5.97 Å². The largest absolute Gasteiger partial charge is 0.497 e. The molecule has 2 aromatic carbocycles. The molecule has 0 N–H and O–H groups in total. The van der Waals surface area contributed by atoms with E-state index in [0.717, 1.165) is 9.87 Å². The summed E-state index contributed by atoms with van der Waals surface area (Å²) >= 11 is 0. The van der Waals surface area contributed by atoms with Gasteiger partial charge in [0, 0.05) is 6.92 Å². The van der Waals surface area contributed by atoms with Crippen LogP contribution in [0.1, 0.15) is 37.5 Å². The first kappa shape index (κ1) is 21.8. The van der Waals surface area contributed by atoms with Gasteiger partial charge in [0.05, 0.1) is 17.9 Å². The van der Waals surface area contributed by atoms with E-state index in [4.69, 9.17) is 9.47 Å². The summed E-state index contributed by atoms with van der Waals surface area (Å²) in [4.78, 5) is 24.7. The van der Waals surface area contributed by atoms with E-state index in [2.05, 4.69) is 0 Å². The topological polar surface area (TPSA) is 90.0 Å². The molecule has 7 nitrogen and oxygen atoms in total. The van der Waals surface area contributed by atoms with Gasteiger partial charge in [-0.3, -0.25) is 9.59 Å². The van der Waals surface area contributed by atoms with Gasteiger partial charge in [-0.05, 0) is 43.2 Å². The number of amides is 1. The molecule has 0 bridgehead atoms. The zero-order chi connectivity index (χ0) is 22.1.